The normalized spacial score (nSPS) is 17.9. The molecule has 0 saturated heterocycles. The molecular formula is C26H27NO9S. The molecule has 0 N–H and O–H groups in total. The molecule has 0 fully saturated rings. The summed E-state index contributed by atoms with van der Waals surface area (Å²) in [6, 6.07) is 12.0. The van der Waals surface area contributed by atoms with Crippen molar-refractivity contribution in [3.05, 3.63) is 71.3 Å². The summed E-state index contributed by atoms with van der Waals surface area (Å²) in [4.78, 5) is 51.9. The largest absolute Gasteiger partial charge is 0.466 e. The lowest BCUT2D eigenvalue weighted by molar-refractivity contribution is -0.149. The van der Waals surface area contributed by atoms with Crippen LogP contribution in [-0.4, -0.2) is 59.5 Å². The van der Waals surface area contributed by atoms with Gasteiger partial charge in [-0.1, -0.05) is 29.8 Å². The Hall–Kier alpha value is -3.99. The standard InChI is InChI=1S/C26H27NO9S/c1-5-36-26(31)20-15-27(37(32,33)17-12-10-16(2)11-13-17)21-9-7-6-8-18(21)24(29)23(20)19(25(30)35-4)14-22(28)34-3/h6-14,20,23H,5,15H2,1-4H3/b19-14-. The quantitative estimate of drug-likeness (QED) is 0.301. The van der Waals surface area contributed by atoms with Crippen molar-refractivity contribution in [2.75, 3.05) is 31.7 Å². The highest BCUT2D eigenvalue weighted by molar-refractivity contribution is 7.92. The van der Waals surface area contributed by atoms with Gasteiger partial charge in [0.2, 0.25) is 0 Å². The van der Waals surface area contributed by atoms with Gasteiger partial charge < -0.3 is 14.2 Å². The molecule has 2 atom stereocenters. The van der Waals surface area contributed by atoms with Crippen LogP contribution in [0.4, 0.5) is 5.69 Å². The van der Waals surface area contributed by atoms with Crippen molar-refractivity contribution in [2.24, 2.45) is 11.8 Å². The predicted molar refractivity (Wildman–Crippen MR) is 132 cm³/mol. The number of carbonyl (C=O) groups is 4. The minimum atomic E-state index is -4.28. The van der Waals surface area contributed by atoms with Gasteiger partial charge in [-0.25, -0.2) is 18.0 Å². The van der Waals surface area contributed by atoms with Crippen LogP contribution in [0.1, 0.15) is 22.8 Å². The molecule has 1 aliphatic rings. The predicted octanol–water partition coefficient (Wildman–Crippen LogP) is 2.45. The van der Waals surface area contributed by atoms with Gasteiger partial charge in [0.1, 0.15) is 0 Å². The number of ether oxygens (including phenoxy) is 3. The lowest BCUT2D eigenvalue weighted by Gasteiger charge is -2.28. The monoisotopic (exact) mass is 529 g/mol. The number of sulfonamides is 1. The van der Waals surface area contributed by atoms with Crippen LogP contribution in [0.15, 0.2) is 65.1 Å². The van der Waals surface area contributed by atoms with Gasteiger partial charge in [0.15, 0.2) is 5.78 Å². The Morgan fingerprint density at radius 3 is 2.27 bits per heavy atom. The van der Waals surface area contributed by atoms with Crippen LogP contribution in [0.25, 0.3) is 0 Å². The Morgan fingerprint density at radius 1 is 1.03 bits per heavy atom. The van der Waals surface area contributed by atoms with Crippen LogP contribution < -0.4 is 4.31 Å². The fourth-order valence-electron chi connectivity index (χ4n) is 4.09. The number of Topliss-reactive ketones (excluding diaryl/α,β-unsaturated/α-hetero) is 1. The van der Waals surface area contributed by atoms with E-state index in [9.17, 15) is 27.6 Å². The van der Waals surface area contributed by atoms with E-state index in [1.165, 1.54) is 30.3 Å². The molecule has 0 bridgehead atoms. The van der Waals surface area contributed by atoms with Gasteiger partial charge in [0, 0.05) is 18.2 Å². The summed E-state index contributed by atoms with van der Waals surface area (Å²) in [5.41, 5.74) is 0.342. The lowest BCUT2D eigenvalue weighted by Crippen LogP contribution is -2.42. The number of benzene rings is 2. The molecule has 1 aliphatic heterocycles. The first-order valence-electron chi connectivity index (χ1n) is 11.3. The Morgan fingerprint density at radius 2 is 1.68 bits per heavy atom. The van der Waals surface area contributed by atoms with E-state index in [-0.39, 0.29) is 22.8 Å². The van der Waals surface area contributed by atoms with Gasteiger partial charge >= 0.3 is 17.9 Å². The number of nitrogens with zero attached hydrogens (tertiary/aromatic N) is 1. The number of rotatable bonds is 7. The van der Waals surface area contributed by atoms with E-state index >= 15 is 0 Å². The molecule has 2 aromatic rings. The molecular weight excluding hydrogens is 502 g/mol. The van der Waals surface area contributed by atoms with Crippen LogP contribution in [0.2, 0.25) is 0 Å². The summed E-state index contributed by atoms with van der Waals surface area (Å²) in [6.45, 7) is 2.74. The van der Waals surface area contributed by atoms with Crippen molar-refractivity contribution in [1.29, 1.82) is 0 Å². The topological polar surface area (TPSA) is 133 Å². The summed E-state index contributed by atoms with van der Waals surface area (Å²) in [5, 5.41) is 0. The zero-order valence-electron chi connectivity index (χ0n) is 20.8. The van der Waals surface area contributed by atoms with Crippen LogP contribution in [0.5, 0.6) is 0 Å². The molecule has 0 saturated carbocycles. The number of carbonyl (C=O) groups excluding carboxylic acids is 4. The van der Waals surface area contributed by atoms with E-state index < -0.39 is 57.7 Å². The summed E-state index contributed by atoms with van der Waals surface area (Å²) < 4.78 is 43.2. The first-order valence-corrected chi connectivity index (χ1v) is 12.8. The molecule has 0 aromatic heterocycles. The smallest absolute Gasteiger partial charge is 0.334 e. The van der Waals surface area contributed by atoms with Gasteiger partial charge in [0.25, 0.3) is 10.0 Å². The number of hydrogen-bond acceptors (Lipinski definition) is 9. The van der Waals surface area contributed by atoms with Gasteiger partial charge in [-0.2, -0.15) is 0 Å². The van der Waals surface area contributed by atoms with Crippen LogP contribution in [0, 0.1) is 18.8 Å². The maximum absolute atomic E-state index is 13.9. The Labute approximate surface area is 214 Å². The third-order valence-corrected chi connectivity index (χ3v) is 7.71. The molecule has 37 heavy (non-hydrogen) atoms. The maximum Gasteiger partial charge on any atom is 0.334 e. The van der Waals surface area contributed by atoms with Crippen molar-refractivity contribution in [3.63, 3.8) is 0 Å². The van der Waals surface area contributed by atoms with E-state index in [2.05, 4.69) is 4.74 Å². The summed E-state index contributed by atoms with van der Waals surface area (Å²) in [7, 11) is -2.15. The lowest BCUT2D eigenvalue weighted by atomic mass is 9.80. The maximum atomic E-state index is 13.9. The second-order valence-corrected chi connectivity index (χ2v) is 10.0. The molecule has 2 unspecified atom stereocenters. The Kier molecular flexibility index (Phi) is 8.49. The van der Waals surface area contributed by atoms with Gasteiger partial charge in [0.05, 0.1) is 48.8 Å². The molecule has 1 heterocycles. The molecule has 3 rings (SSSR count). The highest BCUT2D eigenvalue weighted by atomic mass is 32.2. The molecule has 0 spiro atoms. The average Bonchev–Trinajstić information content (AvgIpc) is 3.02. The van der Waals surface area contributed by atoms with E-state index in [4.69, 9.17) is 9.47 Å². The Bertz CT molecular complexity index is 1350. The van der Waals surface area contributed by atoms with Gasteiger partial charge in [-0.05, 0) is 38.1 Å². The van der Waals surface area contributed by atoms with E-state index in [1.807, 2.05) is 0 Å². The summed E-state index contributed by atoms with van der Waals surface area (Å²) in [6.07, 6.45) is 0.771. The third kappa shape index (κ3) is 5.56. The van der Waals surface area contributed by atoms with Crippen LogP contribution in [-0.2, 0) is 38.6 Å². The molecule has 0 amide bonds. The van der Waals surface area contributed by atoms with Crippen LogP contribution in [0.3, 0.4) is 0 Å². The Balaban J connectivity index is 2.31. The van der Waals surface area contributed by atoms with Crippen molar-refractivity contribution < 1.29 is 41.8 Å². The molecule has 0 aliphatic carbocycles. The van der Waals surface area contributed by atoms with Gasteiger partial charge in [-0.3, -0.25) is 13.9 Å². The number of esters is 3. The molecule has 10 nitrogen and oxygen atoms in total. The number of fused-ring (bicyclic) bond motifs is 1. The number of hydrogen-bond donors (Lipinski definition) is 0. The second kappa shape index (κ2) is 11.4. The van der Waals surface area contributed by atoms with E-state index in [1.54, 1.807) is 32.0 Å². The summed E-state index contributed by atoms with van der Waals surface area (Å²) >= 11 is 0. The van der Waals surface area contributed by atoms with Crippen LogP contribution >= 0.6 is 0 Å². The second-order valence-electron chi connectivity index (χ2n) is 8.18. The van der Waals surface area contributed by atoms with Crippen molar-refractivity contribution >= 4 is 39.4 Å². The van der Waals surface area contributed by atoms with E-state index in [0.717, 1.165) is 30.2 Å². The number of anilines is 1. The minimum absolute atomic E-state index is 0.0205. The number of aryl methyl sites for hydroxylation is 1. The molecule has 2 aromatic carbocycles. The SMILES string of the molecule is CCOC(=O)C1CN(S(=O)(=O)c2ccc(C)cc2)c2ccccc2C(=O)C1/C(=C/C(=O)OC)C(=O)OC. The molecule has 11 heteroatoms. The zero-order chi connectivity index (χ0) is 27.3. The fraction of sp³-hybridized carbons (Fsp3) is 0.308. The first kappa shape index (κ1) is 27.6. The molecule has 0 radical (unpaired) electrons. The minimum Gasteiger partial charge on any atom is -0.466 e. The first-order chi connectivity index (χ1) is 17.6. The average molecular weight is 530 g/mol. The highest BCUT2D eigenvalue weighted by Crippen LogP contribution is 2.39. The fourth-order valence-corrected chi connectivity index (χ4v) is 5.60. The summed E-state index contributed by atoms with van der Waals surface area (Å²) in [5.74, 6) is -6.77. The number of para-hydroxylation sites is 1. The van der Waals surface area contributed by atoms with E-state index in [0.29, 0.717) is 0 Å². The van der Waals surface area contributed by atoms with Gasteiger partial charge in [-0.15, -0.1) is 0 Å². The zero-order valence-corrected chi connectivity index (χ0v) is 21.6. The number of ketones is 1. The van der Waals surface area contributed by atoms with Crippen molar-refractivity contribution in [1.82, 2.24) is 0 Å². The highest BCUT2D eigenvalue weighted by Gasteiger charge is 2.47. The number of methoxy groups -OCH3 is 2. The van der Waals surface area contributed by atoms with Crippen molar-refractivity contribution in [3.8, 4) is 0 Å². The molecule has 196 valence electrons. The third-order valence-electron chi connectivity index (χ3n) is 5.91. The van der Waals surface area contributed by atoms with Crippen molar-refractivity contribution in [2.45, 2.75) is 18.7 Å².